The minimum atomic E-state index is -0.111. The summed E-state index contributed by atoms with van der Waals surface area (Å²) in [6, 6.07) is -0.111. The molecule has 2 atom stereocenters. The van der Waals surface area contributed by atoms with Crippen LogP contribution in [0.25, 0.3) is 0 Å². The highest BCUT2D eigenvalue weighted by Gasteiger charge is 2.23. The molecule has 0 spiro atoms. The average Bonchev–Trinajstić information content (AvgIpc) is 1.89. The highest BCUT2D eigenvalue weighted by Crippen LogP contribution is 2.24. The molecular formula is C6H10ClNO. The Balaban J connectivity index is 2.38. The smallest absolute Gasteiger partial charge is 0.108 e. The lowest BCUT2D eigenvalue weighted by atomic mass is 9.96. The van der Waals surface area contributed by atoms with Crippen LogP contribution in [0.3, 0.4) is 0 Å². The maximum atomic E-state index is 10.0. The zero-order valence-corrected chi connectivity index (χ0v) is 5.97. The molecule has 1 aliphatic rings. The Morgan fingerprint density at radius 1 is 1.33 bits per heavy atom. The van der Waals surface area contributed by atoms with Gasteiger partial charge in [0.15, 0.2) is 0 Å². The lowest BCUT2D eigenvalue weighted by Gasteiger charge is -2.19. The van der Waals surface area contributed by atoms with E-state index in [9.17, 15) is 4.91 Å². The number of hydrogen-bond donors (Lipinski definition) is 0. The summed E-state index contributed by atoms with van der Waals surface area (Å²) in [6.07, 6.45) is 4.11. The van der Waals surface area contributed by atoms with Gasteiger partial charge in [0.2, 0.25) is 0 Å². The molecule has 0 radical (unpaired) electrons. The van der Waals surface area contributed by atoms with Gasteiger partial charge < -0.3 is 0 Å². The summed E-state index contributed by atoms with van der Waals surface area (Å²) in [6.45, 7) is 0. The van der Waals surface area contributed by atoms with Gasteiger partial charge in [-0.2, -0.15) is 4.91 Å². The van der Waals surface area contributed by atoms with Crippen molar-refractivity contribution in [3.63, 3.8) is 0 Å². The first kappa shape index (κ1) is 7.00. The van der Waals surface area contributed by atoms with Gasteiger partial charge in [0.1, 0.15) is 6.04 Å². The average molecular weight is 148 g/mol. The van der Waals surface area contributed by atoms with E-state index in [1.807, 2.05) is 0 Å². The normalized spacial score (nSPS) is 36.1. The molecule has 3 heteroatoms. The molecule has 9 heavy (non-hydrogen) atoms. The van der Waals surface area contributed by atoms with Crippen LogP contribution in [-0.4, -0.2) is 11.4 Å². The molecule has 0 bridgehead atoms. The molecule has 0 aliphatic heterocycles. The minimum Gasteiger partial charge on any atom is -0.150 e. The fourth-order valence-electron chi connectivity index (χ4n) is 1.18. The molecule has 52 valence electrons. The molecule has 0 saturated heterocycles. The first-order chi connectivity index (χ1) is 4.34. The Morgan fingerprint density at radius 3 is 2.44 bits per heavy atom. The second kappa shape index (κ2) is 3.16. The van der Waals surface area contributed by atoms with Crippen molar-refractivity contribution in [1.29, 1.82) is 0 Å². The number of halogens is 1. The van der Waals surface area contributed by atoms with Crippen molar-refractivity contribution in [3.8, 4) is 0 Å². The summed E-state index contributed by atoms with van der Waals surface area (Å²) < 4.78 is 0. The molecule has 1 saturated carbocycles. The molecule has 0 aromatic heterocycles. The summed E-state index contributed by atoms with van der Waals surface area (Å²) >= 11 is 5.79. The van der Waals surface area contributed by atoms with Crippen LogP contribution in [0.15, 0.2) is 5.18 Å². The minimum absolute atomic E-state index is 0.0104. The van der Waals surface area contributed by atoms with Crippen molar-refractivity contribution in [2.24, 2.45) is 5.18 Å². The summed E-state index contributed by atoms with van der Waals surface area (Å²) in [5.41, 5.74) is 0. The van der Waals surface area contributed by atoms with Gasteiger partial charge in [-0.3, -0.25) is 0 Å². The van der Waals surface area contributed by atoms with Crippen LogP contribution in [0.4, 0.5) is 0 Å². The third kappa shape index (κ3) is 1.65. The Morgan fingerprint density at radius 2 is 2.00 bits per heavy atom. The van der Waals surface area contributed by atoms with Gasteiger partial charge >= 0.3 is 0 Å². The van der Waals surface area contributed by atoms with Crippen molar-refractivity contribution in [2.75, 3.05) is 0 Å². The Hall–Kier alpha value is -0.110. The molecule has 1 rings (SSSR count). The van der Waals surface area contributed by atoms with Crippen LogP contribution in [0.1, 0.15) is 25.7 Å². The van der Waals surface area contributed by atoms with E-state index >= 15 is 0 Å². The second-order valence-corrected chi connectivity index (χ2v) is 3.03. The monoisotopic (exact) mass is 147 g/mol. The van der Waals surface area contributed by atoms with E-state index < -0.39 is 0 Å². The van der Waals surface area contributed by atoms with Crippen LogP contribution < -0.4 is 0 Å². The molecule has 2 nitrogen and oxygen atoms in total. The van der Waals surface area contributed by atoms with Crippen molar-refractivity contribution in [2.45, 2.75) is 37.1 Å². The van der Waals surface area contributed by atoms with Crippen LogP contribution in [-0.2, 0) is 0 Å². The maximum Gasteiger partial charge on any atom is 0.108 e. The van der Waals surface area contributed by atoms with Crippen LogP contribution >= 0.6 is 11.6 Å². The van der Waals surface area contributed by atoms with E-state index in [0.29, 0.717) is 0 Å². The molecule has 0 N–H and O–H groups in total. The first-order valence-corrected chi connectivity index (χ1v) is 3.75. The SMILES string of the molecule is O=N[C@H]1CCCC[C@H]1Cl. The summed E-state index contributed by atoms with van der Waals surface area (Å²) in [7, 11) is 0. The molecule has 0 unspecified atom stereocenters. The van der Waals surface area contributed by atoms with E-state index in [-0.39, 0.29) is 11.4 Å². The first-order valence-electron chi connectivity index (χ1n) is 3.31. The van der Waals surface area contributed by atoms with Crippen molar-refractivity contribution in [1.82, 2.24) is 0 Å². The second-order valence-electron chi connectivity index (χ2n) is 2.47. The molecule has 0 aromatic rings. The standard InChI is InChI=1S/C6H10ClNO/c7-5-3-1-2-4-6(5)8-9/h5-6H,1-4H2/t5-,6+/m1/s1. The van der Waals surface area contributed by atoms with E-state index in [1.165, 1.54) is 0 Å². The number of rotatable bonds is 1. The van der Waals surface area contributed by atoms with Crippen LogP contribution in [0, 0.1) is 4.91 Å². The lowest BCUT2D eigenvalue weighted by molar-refractivity contribution is 0.448. The Bertz CT molecular complexity index is 107. The number of nitroso groups, excluding NO2 is 1. The molecule has 0 heterocycles. The molecule has 1 aliphatic carbocycles. The predicted molar refractivity (Wildman–Crippen MR) is 37.7 cm³/mol. The van der Waals surface area contributed by atoms with Gasteiger partial charge in [-0.05, 0) is 12.8 Å². The fourth-order valence-corrected chi connectivity index (χ4v) is 1.51. The van der Waals surface area contributed by atoms with Crippen molar-refractivity contribution < 1.29 is 0 Å². The highest BCUT2D eigenvalue weighted by atomic mass is 35.5. The fraction of sp³-hybridized carbons (Fsp3) is 1.00. The predicted octanol–water partition coefficient (Wildman–Crippen LogP) is 2.30. The number of nitrogens with zero attached hydrogens (tertiary/aromatic N) is 1. The molecule has 1 fully saturated rings. The van der Waals surface area contributed by atoms with Crippen LogP contribution in [0.5, 0.6) is 0 Å². The molecular weight excluding hydrogens is 138 g/mol. The van der Waals surface area contributed by atoms with Gasteiger partial charge in [-0.1, -0.05) is 18.0 Å². The summed E-state index contributed by atoms with van der Waals surface area (Å²) in [4.78, 5) is 10.0. The summed E-state index contributed by atoms with van der Waals surface area (Å²) in [5, 5.41) is 2.96. The molecule has 0 amide bonds. The zero-order valence-electron chi connectivity index (χ0n) is 5.22. The topological polar surface area (TPSA) is 29.4 Å². The van der Waals surface area contributed by atoms with Gasteiger partial charge in [0, 0.05) is 0 Å². The van der Waals surface area contributed by atoms with Crippen molar-refractivity contribution >= 4 is 11.6 Å². The van der Waals surface area contributed by atoms with Crippen LogP contribution in [0.2, 0.25) is 0 Å². The van der Waals surface area contributed by atoms with Gasteiger partial charge in [-0.15, -0.1) is 11.6 Å². The Labute approximate surface area is 59.6 Å². The third-order valence-corrected chi connectivity index (χ3v) is 2.29. The lowest BCUT2D eigenvalue weighted by Crippen LogP contribution is -2.22. The zero-order chi connectivity index (χ0) is 6.69. The Kier molecular flexibility index (Phi) is 2.46. The maximum absolute atomic E-state index is 10.0. The van der Waals surface area contributed by atoms with E-state index in [1.54, 1.807) is 0 Å². The van der Waals surface area contributed by atoms with E-state index in [2.05, 4.69) is 5.18 Å². The largest absolute Gasteiger partial charge is 0.150 e. The van der Waals surface area contributed by atoms with Gasteiger partial charge in [0.05, 0.1) is 5.38 Å². The highest BCUT2D eigenvalue weighted by molar-refractivity contribution is 6.21. The molecule has 0 aromatic carbocycles. The van der Waals surface area contributed by atoms with E-state index in [4.69, 9.17) is 11.6 Å². The quantitative estimate of drug-likeness (QED) is 0.414. The summed E-state index contributed by atoms with van der Waals surface area (Å²) in [5.74, 6) is 0. The third-order valence-electron chi connectivity index (χ3n) is 1.78. The number of alkyl halides is 1. The number of hydrogen-bond acceptors (Lipinski definition) is 2. The van der Waals surface area contributed by atoms with E-state index in [0.717, 1.165) is 25.7 Å². The van der Waals surface area contributed by atoms with Gasteiger partial charge in [-0.25, -0.2) is 0 Å². The van der Waals surface area contributed by atoms with Crippen molar-refractivity contribution in [3.05, 3.63) is 4.91 Å². The van der Waals surface area contributed by atoms with Gasteiger partial charge in [0.25, 0.3) is 0 Å².